The van der Waals surface area contributed by atoms with Crippen molar-refractivity contribution in [3.63, 3.8) is 0 Å². The Hall–Kier alpha value is -3.57. The van der Waals surface area contributed by atoms with E-state index in [0.717, 1.165) is 16.1 Å². The van der Waals surface area contributed by atoms with Crippen LogP contribution in [0.1, 0.15) is 5.56 Å². The fourth-order valence-electron chi connectivity index (χ4n) is 3.52. The summed E-state index contributed by atoms with van der Waals surface area (Å²) in [5, 5.41) is 2.65. The van der Waals surface area contributed by atoms with Crippen molar-refractivity contribution in [2.75, 3.05) is 27.1 Å². The number of carbonyl (C=O) groups is 1. The van der Waals surface area contributed by atoms with Crippen LogP contribution in [0.2, 0.25) is 0 Å². The summed E-state index contributed by atoms with van der Waals surface area (Å²) in [6, 6.07) is 19.2. The van der Waals surface area contributed by atoms with E-state index < -0.39 is 32.1 Å². The molecule has 2 N–H and O–H groups in total. The number of hydrogen-bond acceptors (Lipinski definition) is 6. The molecule has 1 aliphatic heterocycles. The summed E-state index contributed by atoms with van der Waals surface area (Å²) < 4.78 is 59.2. The predicted octanol–water partition coefficient (Wildman–Crippen LogP) is 2.96. The van der Waals surface area contributed by atoms with Crippen molar-refractivity contribution in [2.45, 2.75) is 17.9 Å². The lowest BCUT2D eigenvalue weighted by Crippen LogP contribution is -2.48. The van der Waals surface area contributed by atoms with Gasteiger partial charge < -0.3 is 10.1 Å². The molecule has 3 aromatic carbocycles. The van der Waals surface area contributed by atoms with E-state index in [-0.39, 0.29) is 17.2 Å². The maximum atomic E-state index is 12.8. The third-order valence-electron chi connectivity index (χ3n) is 5.13. The van der Waals surface area contributed by atoms with Crippen LogP contribution in [-0.4, -0.2) is 41.6 Å². The highest BCUT2D eigenvalue weighted by molar-refractivity contribution is 7.92. The Morgan fingerprint density at radius 1 is 0.941 bits per heavy atom. The van der Waals surface area contributed by atoms with Gasteiger partial charge in [-0.2, -0.15) is 0 Å². The second-order valence-corrected chi connectivity index (χ2v) is 11.4. The van der Waals surface area contributed by atoms with Crippen LogP contribution >= 0.6 is 0 Å². The van der Waals surface area contributed by atoms with Gasteiger partial charge in [0, 0.05) is 11.4 Å². The van der Waals surface area contributed by atoms with Crippen molar-refractivity contribution < 1.29 is 26.4 Å². The third-order valence-corrected chi connectivity index (χ3v) is 7.67. The third kappa shape index (κ3) is 5.15. The molecule has 34 heavy (non-hydrogen) atoms. The number of rotatable bonds is 6. The average Bonchev–Trinajstić information content (AvgIpc) is 2.77. The highest BCUT2D eigenvalue weighted by Gasteiger charge is 2.34. The van der Waals surface area contributed by atoms with E-state index in [0.29, 0.717) is 17.1 Å². The normalized spacial score (nSPS) is 15.7. The molecule has 0 radical (unpaired) electrons. The maximum Gasteiger partial charge on any atom is 0.267 e. The average molecular weight is 502 g/mol. The Bertz CT molecular complexity index is 1440. The molecular formula is C23H23N3O6S2. The highest BCUT2D eigenvalue weighted by atomic mass is 32.2. The van der Waals surface area contributed by atoms with Gasteiger partial charge in [0.05, 0.1) is 23.4 Å². The number of carbonyl (C=O) groups excluding carboxylic acids is 1. The molecule has 0 aromatic heterocycles. The van der Waals surface area contributed by atoms with Crippen LogP contribution in [0.15, 0.2) is 77.7 Å². The van der Waals surface area contributed by atoms with Crippen molar-refractivity contribution in [3.05, 3.63) is 78.4 Å². The molecule has 0 unspecified atom stereocenters. The van der Waals surface area contributed by atoms with Gasteiger partial charge in [-0.05, 0) is 61.0 Å². The Labute approximate surface area is 198 Å². The van der Waals surface area contributed by atoms with E-state index in [4.69, 9.17) is 4.74 Å². The number of nitrogens with zero attached hydrogens (tertiary/aromatic N) is 1. The van der Waals surface area contributed by atoms with Gasteiger partial charge in [-0.15, -0.1) is 0 Å². The van der Waals surface area contributed by atoms with Crippen LogP contribution in [-0.2, 0) is 24.8 Å². The van der Waals surface area contributed by atoms with Crippen molar-refractivity contribution in [2.24, 2.45) is 0 Å². The molecule has 11 heteroatoms. The molecule has 1 aliphatic rings. The summed E-state index contributed by atoms with van der Waals surface area (Å²) in [7, 11) is -7.44. The molecule has 1 atom stereocenters. The molecule has 0 saturated heterocycles. The van der Waals surface area contributed by atoms with Gasteiger partial charge in [0.2, 0.25) is 10.0 Å². The van der Waals surface area contributed by atoms with Crippen LogP contribution < -0.4 is 19.1 Å². The number of sulfonamides is 2. The first-order valence-corrected chi connectivity index (χ1v) is 13.6. The summed E-state index contributed by atoms with van der Waals surface area (Å²) in [5.74, 6) is -0.278. The van der Waals surface area contributed by atoms with Gasteiger partial charge >= 0.3 is 0 Å². The van der Waals surface area contributed by atoms with Gasteiger partial charge in [0.1, 0.15) is 5.75 Å². The van der Waals surface area contributed by atoms with E-state index >= 15 is 0 Å². The van der Waals surface area contributed by atoms with Gasteiger partial charge in [-0.25, -0.2) is 16.8 Å². The fourth-order valence-corrected chi connectivity index (χ4v) is 5.48. The first kappa shape index (κ1) is 23.6. The van der Waals surface area contributed by atoms with Crippen LogP contribution in [0, 0.1) is 6.92 Å². The second-order valence-electron chi connectivity index (χ2n) is 7.86. The zero-order valence-electron chi connectivity index (χ0n) is 18.4. The molecule has 4 rings (SSSR count). The number of amides is 1. The van der Waals surface area contributed by atoms with Crippen LogP contribution in [0.5, 0.6) is 5.75 Å². The molecule has 9 nitrogen and oxygen atoms in total. The van der Waals surface area contributed by atoms with Crippen molar-refractivity contribution in [3.8, 4) is 5.75 Å². The number of anilines is 3. The van der Waals surface area contributed by atoms with Crippen LogP contribution in [0.25, 0.3) is 0 Å². The zero-order chi connectivity index (χ0) is 24.5. The Balaban J connectivity index is 1.48. The minimum Gasteiger partial charge on any atom is -0.476 e. The monoisotopic (exact) mass is 501 g/mol. The predicted molar refractivity (Wildman–Crippen MR) is 130 cm³/mol. The molecule has 1 amide bonds. The number of para-hydroxylation sites is 2. The lowest BCUT2D eigenvalue weighted by molar-refractivity contribution is -0.122. The second kappa shape index (κ2) is 8.99. The largest absolute Gasteiger partial charge is 0.476 e. The van der Waals surface area contributed by atoms with Gasteiger partial charge in [-0.3, -0.25) is 13.8 Å². The molecule has 0 fully saturated rings. The van der Waals surface area contributed by atoms with Crippen molar-refractivity contribution in [1.82, 2.24) is 0 Å². The van der Waals surface area contributed by atoms with E-state index in [2.05, 4.69) is 10.0 Å². The molecule has 0 bridgehead atoms. The summed E-state index contributed by atoms with van der Waals surface area (Å²) in [6.45, 7) is 1.67. The summed E-state index contributed by atoms with van der Waals surface area (Å²) >= 11 is 0. The SMILES string of the molecule is Cc1cccc(NS(=O)(=O)c2ccc(NC(=O)[C@@H]3CN(S(C)(=O)=O)c4ccccc4O3)cc2)c1. The van der Waals surface area contributed by atoms with Crippen LogP contribution in [0.4, 0.5) is 17.1 Å². The number of nitrogens with one attached hydrogen (secondary N) is 2. The van der Waals surface area contributed by atoms with Crippen LogP contribution in [0.3, 0.4) is 0 Å². The number of ether oxygens (including phenoxy) is 1. The molecular weight excluding hydrogens is 478 g/mol. The van der Waals surface area contributed by atoms with E-state index in [1.165, 1.54) is 24.3 Å². The smallest absolute Gasteiger partial charge is 0.267 e. The topological polar surface area (TPSA) is 122 Å². The summed E-state index contributed by atoms with van der Waals surface area (Å²) in [6.07, 6.45) is -0.0235. The number of aryl methyl sites for hydroxylation is 1. The summed E-state index contributed by atoms with van der Waals surface area (Å²) in [4.78, 5) is 12.8. The lowest BCUT2D eigenvalue weighted by Gasteiger charge is -2.33. The molecule has 1 heterocycles. The first-order chi connectivity index (χ1) is 16.0. The first-order valence-electron chi connectivity index (χ1n) is 10.3. The Morgan fingerprint density at radius 2 is 1.65 bits per heavy atom. The number of fused-ring (bicyclic) bond motifs is 1. The minimum atomic E-state index is -3.81. The van der Waals surface area contributed by atoms with E-state index in [9.17, 15) is 21.6 Å². The van der Waals surface area contributed by atoms with Gasteiger partial charge in [0.25, 0.3) is 15.9 Å². The standard InChI is InChI=1S/C23H23N3O6S2/c1-16-6-5-7-18(14-16)25-34(30,31)19-12-10-17(11-13-19)24-23(27)22-15-26(33(2,28)29)20-8-3-4-9-21(20)32-22/h3-14,22,25H,15H2,1-2H3,(H,24,27)/t22-/m0/s1. The minimum absolute atomic E-state index is 0.0260. The molecule has 0 saturated carbocycles. The molecule has 178 valence electrons. The highest BCUT2D eigenvalue weighted by Crippen LogP contribution is 2.34. The molecule has 3 aromatic rings. The lowest BCUT2D eigenvalue weighted by atomic mass is 10.2. The molecule has 0 spiro atoms. The molecule has 0 aliphatic carbocycles. The Morgan fingerprint density at radius 3 is 2.32 bits per heavy atom. The zero-order valence-corrected chi connectivity index (χ0v) is 20.1. The van der Waals surface area contributed by atoms with E-state index in [1.54, 1.807) is 42.5 Å². The van der Waals surface area contributed by atoms with Gasteiger partial charge in [0.15, 0.2) is 6.10 Å². The van der Waals surface area contributed by atoms with Crippen molar-refractivity contribution >= 4 is 43.0 Å². The van der Waals surface area contributed by atoms with Gasteiger partial charge in [-0.1, -0.05) is 24.3 Å². The Kier molecular flexibility index (Phi) is 6.24. The number of benzene rings is 3. The summed E-state index contributed by atoms with van der Waals surface area (Å²) in [5.41, 5.74) is 2.07. The maximum absolute atomic E-state index is 12.8. The fraction of sp³-hybridized carbons (Fsp3) is 0.174. The quantitative estimate of drug-likeness (QED) is 0.536. The van der Waals surface area contributed by atoms with Crippen molar-refractivity contribution in [1.29, 1.82) is 0 Å². The number of hydrogen-bond donors (Lipinski definition) is 2. The van der Waals surface area contributed by atoms with E-state index in [1.807, 2.05) is 13.0 Å².